The fourth-order valence-electron chi connectivity index (χ4n) is 0.961. The number of esters is 1. The molecule has 0 aromatic heterocycles. The van der Waals surface area contributed by atoms with E-state index in [2.05, 4.69) is 0 Å². The van der Waals surface area contributed by atoms with Gasteiger partial charge in [0.1, 0.15) is 12.2 Å². The molecule has 0 aliphatic heterocycles. The maximum atomic E-state index is 11.2. The molecule has 0 fully saturated rings. The van der Waals surface area contributed by atoms with Crippen molar-refractivity contribution < 1.29 is 19.1 Å². The largest absolute Gasteiger partial charge is 0.465 e. The number of carbonyl (C=O) groups excluding carboxylic acids is 2. The van der Waals surface area contributed by atoms with Gasteiger partial charge in [-0.3, -0.25) is 9.59 Å². The van der Waals surface area contributed by atoms with E-state index in [-0.39, 0.29) is 18.6 Å². The Hall–Kier alpha value is -0.900. The minimum atomic E-state index is -0.426. The van der Waals surface area contributed by atoms with Gasteiger partial charge in [0.2, 0.25) is 0 Å². The summed E-state index contributed by atoms with van der Waals surface area (Å²) in [7, 11) is 0. The van der Waals surface area contributed by atoms with E-state index in [9.17, 15) is 9.59 Å². The molecule has 4 nitrogen and oxygen atoms in total. The standard InChI is InChI=1S/C11H20O4/c1-3-5-7-15-11(13)9-10(12)6-8-14-4-2/h3-9H2,1-2H3. The highest BCUT2D eigenvalue weighted by molar-refractivity contribution is 5.95. The highest BCUT2D eigenvalue weighted by Crippen LogP contribution is 1.96. The van der Waals surface area contributed by atoms with Gasteiger partial charge in [0, 0.05) is 13.0 Å². The van der Waals surface area contributed by atoms with Crippen molar-refractivity contribution in [1.29, 1.82) is 0 Å². The summed E-state index contributed by atoms with van der Waals surface area (Å²) in [5.74, 6) is -0.546. The Bertz CT molecular complexity index is 169. The molecule has 0 rings (SSSR count). The van der Waals surface area contributed by atoms with E-state index in [4.69, 9.17) is 9.47 Å². The Balaban J connectivity index is 3.45. The normalized spacial score (nSPS) is 10.0. The lowest BCUT2D eigenvalue weighted by atomic mass is 10.2. The third-order valence-electron chi connectivity index (χ3n) is 1.83. The maximum Gasteiger partial charge on any atom is 0.313 e. The van der Waals surface area contributed by atoms with Crippen molar-refractivity contribution in [3.63, 3.8) is 0 Å². The molecule has 0 aliphatic rings. The van der Waals surface area contributed by atoms with E-state index in [1.165, 1.54) is 0 Å². The van der Waals surface area contributed by atoms with Crippen molar-refractivity contribution in [2.45, 2.75) is 39.5 Å². The number of hydrogen-bond acceptors (Lipinski definition) is 4. The summed E-state index contributed by atoms with van der Waals surface area (Å²) >= 11 is 0. The summed E-state index contributed by atoms with van der Waals surface area (Å²) in [6.45, 7) is 5.27. The molecule has 0 aromatic rings. The van der Waals surface area contributed by atoms with E-state index in [0.29, 0.717) is 19.8 Å². The second-order valence-electron chi connectivity index (χ2n) is 3.24. The fourth-order valence-corrected chi connectivity index (χ4v) is 0.961. The molecule has 0 aromatic carbocycles. The van der Waals surface area contributed by atoms with Crippen molar-refractivity contribution in [3.8, 4) is 0 Å². The zero-order valence-electron chi connectivity index (χ0n) is 9.58. The van der Waals surface area contributed by atoms with Crippen LogP contribution in [0.15, 0.2) is 0 Å². The molecule has 15 heavy (non-hydrogen) atoms. The lowest BCUT2D eigenvalue weighted by molar-refractivity contribution is -0.146. The smallest absolute Gasteiger partial charge is 0.313 e. The summed E-state index contributed by atoms with van der Waals surface area (Å²) in [4.78, 5) is 22.3. The van der Waals surface area contributed by atoms with E-state index < -0.39 is 5.97 Å². The zero-order valence-corrected chi connectivity index (χ0v) is 9.58. The third-order valence-corrected chi connectivity index (χ3v) is 1.83. The first-order valence-corrected chi connectivity index (χ1v) is 5.45. The molecule has 0 spiro atoms. The molecule has 0 bridgehead atoms. The average molecular weight is 216 g/mol. The molecule has 0 aliphatic carbocycles. The first-order valence-electron chi connectivity index (χ1n) is 5.45. The van der Waals surface area contributed by atoms with Crippen molar-refractivity contribution in [2.24, 2.45) is 0 Å². The number of unbranched alkanes of at least 4 members (excludes halogenated alkanes) is 1. The molecule has 4 heteroatoms. The van der Waals surface area contributed by atoms with Crippen LogP contribution in [0.1, 0.15) is 39.5 Å². The molecule has 88 valence electrons. The van der Waals surface area contributed by atoms with Crippen LogP contribution >= 0.6 is 0 Å². The van der Waals surface area contributed by atoms with Gasteiger partial charge in [-0.1, -0.05) is 13.3 Å². The van der Waals surface area contributed by atoms with Gasteiger partial charge in [-0.15, -0.1) is 0 Å². The van der Waals surface area contributed by atoms with Gasteiger partial charge in [-0.25, -0.2) is 0 Å². The molecule has 0 heterocycles. The molecular weight excluding hydrogens is 196 g/mol. The quantitative estimate of drug-likeness (QED) is 0.334. The van der Waals surface area contributed by atoms with Crippen LogP contribution in [0.5, 0.6) is 0 Å². The predicted molar refractivity (Wildman–Crippen MR) is 56.6 cm³/mol. The van der Waals surface area contributed by atoms with Gasteiger partial charge < -0.3 is 9.47 Å². The van der Waals surface area contributed by atoms with Crippen molar-refractivity contribution in [3.05, 3.63) is 0 Å². The van der Waals surface area contributed by atoms with Gasteiger partial charge in [-0.05, 0) is 13.3 Å². The lowest BCUT2D eigenvalue weighted by Gasteiger charge is -2.03. The number of ether oxygens (including phenoxy) is 2. The molecule has 0 amide bonds. The van der Waals surface area contributed by atoms with Gasteiger partial charge in [0.25, 0.3) is 0 Å². The van der Waals surface area contributed by atoms with Gasteiger partial charge in [0.15, 0.2) is 0 Å². The van der Waals surface area contributed by atoms with Crippen molar-refractivity contribution in [2.75, 3.05) is 19.8 Å². The lowest BCUT2D eigenvalue weighted by Crippen LogP contribution is -2.13. The molecule has 0 saturated heterocycles. The van der Waals surface area contributed by atoms with Crippen LogP contribution < -0.4 is 0 Å². The summed E-state index contributed by atoms with van der Waals surface area (Å²) in [6.07, 6.45) is 1.98. The first-order chi connectivity index (χ1) is 7.20. The minimum absolute atomic E-state index is 0.120. The van der Waals surface area contributed by atoms with E-state index in [1.54, 1.807) is 0 Å². The van der Waals surface area contributed by atoms with Gasteiger partial charge in [-0.2, -0.15) is 0 Å². The molecule has 0 atom stereocenters. The minimum Gasteiger partial charge on any atom is -0.465 e. The molecule has 0 saturated carbocycles. The number of carbonyl (C=O) groups is 2. The van der Waals surface area contributed by atoms with Crippen LogP contribution in [0.3, 0.4) is 0 Å². The van der Waals surface area contributed by atoms with Crippen LogP contribution in [0, 0.1) is 0 Å². The van der Waals surface area contributed by atoms with Crippen molar-refractivity contribution >= 4 is 11.8 Å². The summed E-state index contributed by atoms with van der Waals surface area (Å²) in [5.41, 5.74) is 0. The molecule has 0 radical (unpaired) electrons. The van der Waals surface area contributed by atoms with Crippen LogP contribution in [0.25, 0.3) is 0 Å². The van der Waals surface area contributed by atoms with Crippen LogP contribution in [0.2, 0.25) is 0 Å². The van der Waals surface area contributed by atoms with Crippen LogP contribution in [-0.4, -0.2) is 31.6 Å². The number of ketones is 1. The Labute approximate surface area is 90.9 Å². The highest BCUT2D eigenvalue weighted by atomic mass is 16.5. The second kappa shape index (κ2) is 9.65. The number of rotatable bonds is 9. The summed E-state index contributed by atoms with van der Waals surface area (Å²) in [5, 5.41) is 0. The van der Waals surface area contributed by atoms with Gasteiger partial charge in [0.05, 0.1) is 13.2 Å². The monoisotopic (exact) mass is 216 g/mol. The SMILES string of the molecule is CCCCOC(=O)CC(=O)CCOCC. The van der Waals surface area contributed by atoms with E-state index in [1.807, 2.05) is 13.8 Å². The Morgan fingerprint density at radius 2 is 1.87 bits per heavy atom. The molecule has 0 unspecified atom stereocenters. The zero-order chi connectivity index (χ0) is 11.5. The Morgan fingerprint density at radius 3 is 2.47 bits per heavy atom. The molecule has 0 N–H and O–H groups in total. The predicted octanol–water partition coefficient (Wildman–Crippen LogP) is 1.72. The Kier molecular flexibility index (Phi) is 9.07. The third kappa shape index (κ3) is 9.41. The highest BCUT2D eigenvalue weighted by Gasteiger charge is 2.09. The van der Waals surface area contributed by atoms with Crippen LogP contribution in [0.4, 0.5) is 0 Å². The fraction of sp³-hybridized carbons (Fsp3) is 0.818. The van der Waals surface area contributed by atoms with Crippen molar-refractivity contribution in [1.82, 2.24) is 0 Å². The molecular formula is C11H20O4. The van der Waals surface area contributed by atoms with Gasteiger partial charge >= 0.3 is 5.97 Å². The second-order valence-corrected chi connectivity index (χ2v) is 3.24. The summed E-state index contributed by atoms with van der Waals surface area (Å²) < 4.78 is 9.87. The number of Topliss-reactive ketones (excluding diaryl/α,β-unsaturated/α-hetero) is 1. The average Bonchev–Trinajstić information content (AvgIpc) is 2.18. The summed E-state index contributed by atoms with van der Waals surface area (Å²) in [6, 6.07) is 0. The first kappa shape index (κ1) is 14.1. The topological polar surface area (TPSA) is 52.6 Å². The van der Waals surface area contributed by atoms with E-state index >= 15 is 0 Å². The van der Waals surface area contributed by atoms with E-state index in [0.717, 1.165) is 12.8 Å². The number of hydrogen-bond donors (Lipinski definition) is 0. The Morgan fingerprint density at radius 1 is 1.13 bits per heavy atom. The van der Waals surface area contributed by atoms with Crippen LogP contribution in [-0.2, 0) is 19.1 Å². The maximum absolute atomic E-state index is 11.2.